The first-order valence-corrected chi connectivity index (χ1v) is 10.4. The summed E-state index contributed by atoms with van der Waals surface area (Å²) in [5, 5.41) is 6.82. The number of nitrogens with zero attached hydrogens (tertiary/aromatic N) is 2. The molecule has 1 saturated carbocycles. The zero-order valence-corrected chi connectivity index (χ0v) is 15.8. The quantitative estimate of drug-likeness (QED) is 0.807. The van der Waals surface area contributed by atoms with Crippen LogP contribution in [0.5, 0.6) is 0 Å². The van der Waals surface area contributed by atoms with Crippen LogP contribution in [-0.2, 0) is 0 Å². The molecule has 0 unspecified atom stereocenters. The van der Waals surface area contributed by atoms with Crippen molar-refractivity contribution < 1.29 is 4.79 Å². The maximum atomic E-state index is 13.6. The van der Waals surface area contributed by atoms with E-state index in [1.165, 1.54) is 24.9 Å². The van der Waals surface area contributed by atoms with Crippen LogP contribution < -0.4 is 15.5 Å². The number of nitrogens with one attached hydrogen (secondary N) is 2. The number of hydrogen-bond acceptors (Lipinski definition) is 5. The van der Waals surface area contributed by atoms with Crippen molar-refractivity contribution in [3.05, 3.63) is 29.8 Å². The zero-order valence-electron chi connectivity index (χ0n) is 15.8. The smallest absolute Gasteiger partial charge is 0.183 e. The normalized spacial score (nSPS) is 24.4. The van der Waals surface area contributed by atoms with Gasteiger partial charge in [0.15, 0.2) is 5.78 Å². The largest absolute Gasteiger partial charge is 0.369 e. The van der Waals surface area contributed by atoms with Gasteiger partial charge in [-0.05, 0) is 37.1 Å². The van der Waals surface area contributed by atoms with Crippen LogP contribution in [0.15, 0.2) is 24.3 Å². The average molecular weight is 357 g/mol. The first-order valence-electron chi connectivity index (χ1n) is 10.4. The zero-order chi connectivity index (χ0) is 17.8. The molecule has 0 atom stereocenters. The molecule has 0 radical (unpaired) electrons. The molecule has 3 aliphatic rings. The van der Waals surface area contributed by atoms with Gasteiger partial charge < -0.3 is 15.5 Å². The lowest BCUT2D eigenvalue weighted by Crippen LogP contribution is -2.60. The third-order valence-electron chi connectivity index (χ3n) is 6.44. The van der Waals surface area contributed by atoms with Crippen molar-refractivity contribution >= 4 is 11.5 Å². The van der Waals surface area contributed by atoms with Crippen LogP contribution in [0.2, 0.25) is 0 Å². The molecule has 0 aromatic heterocycles. The molecule has 2 heterocycles. The standard InChI is InChI=1S/C21H32N4O/c26-20(18-4-6-19(7-5-18)24-14-10-22-11-15-24)21(8-2-1-3-9-21)25-16-12-23-13-17-25/h4-7,22-23H,1-3,8-17H2. The molecular weight excluding hydrogens is 324 g/mol. The van der Waals surface area contributed by atoms with Crippen LogP contribution in [0.4, 0.5) is 5.69 Å². The summed E-state index contributed by atoms with van der Waals surface area (Å²) in [5.74, 6) is 0.353. The number of rotatable bonds is 4. The minimum atomic E-state index is -0.267. The summed E-state index contributed by atoms with van der Waals surface area (Å²) in [7, 11) is 0. The fraction of sp³-hybridized carbons (Fsp3) is 0.667. The van der Waals surface area contributed by atoms with Crippen molar-refractivity contribution in [1.29, 1.82) is 0 Å². The molecule has 0 spiro atoms. The molecule has 2 N–H and O–H groups in total. The molecule has 3 fully saturated rings. The molecule has 26 heavy (non-hydrogen) atoms. The lowest BCUT2D eigenvalue weighted by Gasteiger charge is -2.47. The van der Waals surface area contributed by atoms with E-state index in [0.29, 0.717) is 5.78 Å². The van der Waals surface area contributed by atoms with Gasteiger partial charge in [0.2, 0.25) is 0 Å². The Morgan fingerprint density at radius 1 is 0.808 bits per heavy atom. The van der Waals surface area contributed by atoms with Gasteiger partial charge in [0.05, 0.1) is 5.54 Å². The predicted molar refractivity (Wildman–Crippen MR) is 106 cm³/mol. The van der Waals surface area contributed by atoms with E-state index in [2.05, 4.69) is 44.7 Å². The van der Waals surface area contributed by atoms with E-state index in [1.807, 2.05) is 0 Å². The third-order valence-corrected chi connectivity index (χ3v) is 6.44. The van der Waals surface area contributed by atoms with Crippen molar-refractivity contribution in [2.45, 2.75) is 37.6 Å². The highest BCUT2D eigenvalue weighted by Crippen LogP contribution is 2.37. The van der Waals surface area contributed by atoms with Crippen molar-refractivity contribution in [1.82, 2.24) is 15.5 Å². The van der Waals surface area contributed by atoms with E-state index in [0.717, 1.165) is 70.8 Å². The van der Waals surface area contributed by atoms with Gasteiger partial charge in [-0.15, -0.1) is 0 Å². The maximum Gasteiger partial charge on any atom is 0.183 e. The summed E-state index contributed by atoms with van der Waals surface area (Å²) in [6.45, 7) is 8.12. The molecule has 2 saturated heterocycles. The maximum absolute atomic E-state index is 13.6. The summed E-state index contributed by atoms with van der Waals surface area (Å²) < 4.78 is 0. The van der Waals surface area contributed by atoms with Gasteiger partial charge >= 0.3 is 0 Å². The Morgan fingerprint density at radius 2 is 1.38 bits per heavy atom. The topological polar surface area (TPSA) is 47.6 Å². The molecule has 0 bridgehead atoms. The van der Waals surface area contributed by atoms with Gasteiger partial charge in [-0.25, -0.2) is 0 Å². The third kappa shape index (κ3) is 3.53. The Labute approximate surface area is 157 Å². The van der Waals surface area contributed by atoms with Crippen molar-refractivity contribution in [2.75, 3.05) is 57.3 Å². The van der Waals surface area contributed by atoms with Crippen LogP contribution in [0, 0.1) is 0 Å². The van der Waals surface area contributed by atoms with Gasteiger partial charge in [0.1, 0.15) is 0 Å². The van der Waals surface area contributed by atoms with Gasteiger partial charge in [-0.1, -0.05) is 19.3 Å². The number of Topliss-reactive ketones (excluding diaryl/α,β-unsaturated/α-hetero) is 1. The molecule has 1 aromatic carbocycles. The van der Waals surface area contributed by atoms with E-state index in [1.54, 1.807) is 0 Å². The number of anilines is 1. The second-order valence-corrected chi connectivity index (χ2v) is 7.94. The highest BCUT2D eigenvalue weighted by Gasteiger charge is 2.44. The summed E-state index contributed by atoms with van der Waals surface area (Å²) in [6, 6.07) is 8.43. The summed E-state index contributed by atoms with van der Waals surface area (Å²) >= 11 is 0. The van der Waals surface area contributed by atoms with Crippen LogP contribution in [0.25, 0.3) is 0 Å². The molecule has 142 valence electrons. The molecule has 5 nitrogen and oxygen atoms in total. The number of hydrogen-bond donors (Lipinski definition) is 2. The Bertz CT molecular complexity index is 597. The van der Waals surface area contributed by atoms with E-state index in [9.17, 15) is 4.79 Å². The van der Waals surface area contributed by atoms with E-state index in [-0.39, 0.29) is 5.54 Å². The van der Waals surface area contributed by atoms with Gasteiger partial charge in [0.25, 0.3) is 0 Å². The first-order chi connectivity index (χ1) is 12.8. The molecular formula is C21H32N4O. The van der Waals surface area contributed by atoms with E-state index in [4.69, 9.17) is 0 Å². The monoisotopic (exact) mass is 356 g/mol. The van der Waals surface area contributed by atoms with E-state index >= 15 is 0 Å². The van der Waals surface area contributed by atoms with Gasteiger partial charge in [-0.2, -0.15) is 0 Å². The fourth-order valence-corrected chi connectivity index (χ4v) is 4.93. The van der Waals surface area contributed by atoms with Crippen LogP contribution in [0.1, 0.15) is 42.5 Å². The lowest BCUT2D eigenvalue weighted by atomic mass is 9.75. The summed E-state index contributed by atoms with van der Waals surface area (Å²) in [5.41, 5.74) is 1.86. The summed E-state index contributed by atoms with van der Waals surface area (Å²) in [4.78, 5) is 18.5. The van der Waals surface area contributed by atoms with Crippen LogP contribution in [0.3, 0.4) is 0 Å². The fourth-order valence-electron chi connectivity index (χ4n) is 4.93. The van der Waals surface area contributed by atoms with Crippen molar-refractivity contribution in [3.63, 3.8) is 0 Å². The second-order valence-electron chi connectivity index (χ2n) is 7.94. The van der Waals surface area contributed by atoms with Gasteiger partial charge in [-0.3, -0.25) is 9.69 Å². The Kier molecular flexibility index (Phi) is 5.57. The molecule has 2 aliphatic heterocycles. The lowest BCUT2D eigenvalue weighted by molar-refractivity contribution is 0.0324. The first kappa shape index (κ1) is 18.0. The molecule has 0 amide bonds. The number of carbonyl (C=O) groups excluding carboxylic acids is 1. The van der Waals surface area contributed by atoms with Crippen molar-refractivity contribution in [3.8, 4) is 0 Å². The van der Waals surface area contributed by atoms with Crippen molar-refractivity contribution in [2.24, 2.45) is 0 Å². The molecule has 4 rings (SSSR count). The molecule has 1 aliphatic carbocycles. The minimum Gasteiger partial charge on any atom is -0.369 e. The number of benzene rings is 1. The highest BCUT2D eigenvalue weighted by molar-refractivity contribution is 6.03. The van der Waals surface area contributed by atoms with Crippen LogP contribution >= 0.6 is 0 Å². The number of piperazine rings is 2. The Balaban J connectivity index is 1.55. The Hall–Kier alpha value is -1.43. The number of carbonyl (C=O) groups is 1. The SMILES string of the molecule is O=C(c1ccc(N2CCNCC2)cc1)C1(N2CCNCC2)CCCCC1. The predicted octanol–water partition coefficient (Wildman–Crippen LogP) is 1.89. The highest BCUT2D eigenvalue weighted by atomic mass is 16.1. The Morgan fingerprint density at radius 3 is 2.00 bits per heavy atom. The van der Waals surface area contributed by atoms with E-state index < -0.39 is 0 Å². The average Bonchev–Trinajstić information content (AvgIpc) is 2.75. The second kappa shape index (κ2) is 8.07. The minimum absolute atomic E-state index is 0.267. The number of ketones is 1. The molecule has 1 aromatic rings. The van der Waals surface area contributed by atoms with Gasteiger partial charge in [0, 0.05) is 63.6 Å². The summed E-state index contributed by atoms with van der Waals surface area (Å²) in [6.07, 6.45) is 5.66. The molecule has 5 heteroatoms. The van der Waals surface area contributed by atoms with Crippen LogP contribution in [-0.4, -0.2) is 68.6 Å².